The molecule has 2 amide bonds. The van der Waals surface area contributed by atoms with Crippen LogP contribution in [0.1, 0.15) is 42.5 Å². The van der Waals surface area contributed by atoms with Crippen molar-refractivity contribution in [1.82, 2.24) is 10.5 Å². The van der Waals surface area contributed by atoms with Crippen LogP contribution in [0, 0.1) is 0 Å². The van der Waals surface area contributed by atoms with Crippen LogP contribution >= 0.6 is 11.6 Å². The summed E-state index contributed by atoms with van der Waals surface area (Å²) in [5.74, 6) is -0.421. The molecule has 9 heteroatoms. The number of benzene rings is 1. The van der Waals surface area contributed by atoms with E-state index >= 15 is 0 Å². The van der Waals surface area contributed by atoms with Crippen molar-refractivity contribution in [2.75, 3.05) is 25.6 Å². The third kappa shape index (κ3) is 4.71. The maximum absolute atomic E-state index is 13.3. The van der Waals surface area contributed by atoms with Crippen molar-refractivity contribution >= 4 is 29.2 Å². The maximum Gasteiger partial charge on any atom is 0.259 e. The smallest absolute Gasteiger partial charge is 0.259 e. The number of anilines is 1. The van der Waals surface area contributed by atoms with E-state index in [4.69, 9.17) is 26.6 Å². The fourth-order valence-electron chi connectivity index (χ4n) is 3.56. The number of hydrogen-bond acceptors (Lipinski definition) is 6. The number of halogens is 1. The van der Waals surface area contributed by atoms with E-state index in [0.29, 0.717) is 36.6 Å². The van der Waals surface area contributed by atoms with Crippen molar-refractivity contribution in [2.45, 2.75) is 37.6 Å². The molecule has 4 N–H and O–H groups in total. The predicted octanol–water partition coefficient (Wildman–Crippen LogP) is 2.97. The number of amides is 2. The number of nitrogens with one attached hydrogen (secondary N) is 2. The molecular weight excluding hydrogens is 396 g/mol. The van der Waals surface area contributed by atoms with Crippen molar-refractivity contribution in [2.24, 2.45) is 5.73 Å². The molecule has 0 spiro atoms. The number of aromatic nitrogens is 1. The lowest BCUT2D eigenvalue weighted by Gasteiger charge is -2.35. The van der Waals surface area contributed by atoms with Crippen LogP contribution in [0.25, 0.3) is 11.3 Å². The van der Waals surface area contributed by atoms with Gasteiger partial charge in [-0.3, -0.25) is 9.59 Å². The number of ether oxygens (including phenoxy) is 1. The highest BCUT2D eigenvalue weighted by Gasteiger charge is 2.40. The first kappa shape index (κ1) is 21.1. The monoisotopic (exact) mass is 420 g/mol. The number of carbonyl (C=O) groups excluding carboxylic acids is 2. The zero-order valence-corrected chi connectivity index (χ0v) is 17.1. The summed E-state index contributed by atoms with van der Waals surface area (Å²) in [6, 6.07) is 6.88. The Kier molecular flexibility index (Phi) is 6.76. The second-order valence-corrected chi connectivity index (χ2v) is 7.56. The van der Waals surface area contributed by atoms with Gasteiger partial charge in [0.1, 0.15) is 11.1 Å². The minimum Gasteiger partial charge on any atom is -0.383 e. The normalized spacial score (nSPS) is 15.7. The van der Waals surface area contributed by atoms with Gasteiger partial charge in [-0.15, -0.1) is 0 Å². The van der Waals surface area contributed by atoms with E-state index in [1.165, 1.54) is 0 Å². The number of nitrogens with zero attached hydrogens (tertiary/aromatic N) is 1. The Bertz CT molecular complexity index is 860. The summed E-state index contributed by atoms with van der Waals surface area (Å²) in [6.07, 6.45) is 3.70. The molecule has 1 aliphatic rings. The average Bonchev–Trinajstić information content (AvgIpc) is 3.13. The first-order valence-electron chi connectivity index (χ1n) is 9.58. The Balaban J connectivity index is 1.95. The van der Waals surface area contributed by atoms with Gasteiger partial charge in [0.15, 0.2) is 11.6 Å². The highest BCUT2D eigenvalue weighted by Crippen LogP contribution is 2.33. The summed E-state index contributed by atoms with van der Waals surface area (Å²) in [7, 11) is 1.58. The Morgan fingerprint density at radius 1 is 1.24 bits per heavy atom. The molecule has 0 aliphatic heterocycles. The van der Waals surface area contributed by atoms with Crippen molar-refractivity contribution in [3.63, 3.8) is 0 Å². The van der Waals surface area contributed by atoms with E-state index in [-0.39, 0.29) is 17.1 Å². The molecule has 1 aromatic heterocycles. The fourth-order valence-corrected chi connectivity index (χ4v) is 3.69. The van der Waals surface area contributed by atoms with Gasteiger partial charge in [0, 0.05) is 24.2 Å². The molecule has 1 fully saturated rings. The molecule has 3 rings (SSSR count). The fraction of sp³-hybridized carbons (Fsp3) is 0.450. The Hall–Kier alpha value is -2.58. The van der Waals surface area contributed by atoms with Crippen molar-refractivity contribution in [3.05, 3.63) is 34.9 Å². The van der Waals surface area contributed by atoms with E-state index in [1.54, 1.807) is 31.4 Å². The Labute approximate surface area is 174 Å². The van der Waals surface area contributed by atoms with Crippen LogP contribution in [0.2, 0.25) is 5.02 Å². The van der Waals surface area contributed by atoms with Gasteiger partial charge in [0.25, 0.3) is 5.91 Å². The number of rotatable bonds is 8. The molecule has 1 aliphatic carbocycles. The van der Waals surface area contributed by atoms with Gasteiger partial charge in [-0.25, -0.2) is 0 Å². The average molecular weight is 421 g/mol. The maximum atomic E-state index is 13.3. The van der Waals surface area contributed by atoms with Crippen LogP contribution in [0.4, 0.5) is 5.82 Å². The summed E-state index contributed by atoms with van der Waals surface area (Å²) >= 11 is 5.97. The second-order valence-electron chi connectivity index (χ2n) is 7.12. The number of hydrogen-bond donors (Lipinski definition) is 3. The molecule has 1 aromatic carbocycles. The predicted molar refractivity (Wildman–Crippen MR) is 110 cm³/mol. The quantitative estimate of drug-likeness (QED) is 0.565. The number of nitrogens with two attached hydrogens (primary N) is 1. The lowest BCUT2D eigenvalue weighted by Crippen LogP contribution is -2.58. The highest BCUT2D eigenvalue weighted by molar-refractivity contribution is 6.30. The molecule has 2 aromatic rings. The first-order valence-corrected chi connectivity index (χ1v) is 9.95. The zero-order valence-electron chi connectivity index (χ0n) is 16.3. The van der Waals surface area contributed by atoms with Crippen molar-refractivity contribution in [1.29, 1.82) is 0 Å². The largest absolute Gasteiger partial charge is 0.383 e. The SMILES string of the molecule is COCCNc1noc(-c2ccc(Cl)cc2)c1C(=O)NC1(C(N)=O)CCCCC1. The minimum absolute atomic E-state index is 0.217. The van der Waals surface area contributed by atoms with E-state index in [9.17, 15) is 9.59 Å². The van der Waals surface area contributed by atoms with Crippen LogP contribution in [-0.2, 0) is 9.53 Å². The molecule has 0 atom stereocenters. The summed E-state index contributed by atoms with van der Waals surface area (Å²) in [4.78, 5) is 25.5. The van der Waals surface area contributed by atoms with Crippen LogP contribution < -0.4 is 16.4 Å². The molecule has 29 heavy (non-hydrogen) atoms. The molecule has 0 saturated heterocycles. The van der Waals surface area contributed by atoms with Gasteiger partial charge in [0.05, 0.1) is 6.61 Å². The summed E-state index contributed by atoms with van der Waals surface area (Å²) < 4.78 is 10.5. The standard InChI is InChI=1S/C20H25ClN4O4/c1-28-12-11-23-17-15(16(29-25-17)13-5-7-14(21)8-6-13)18(26)24-20(19(22)27)9-3-2-4-10-20/h5-8H,2-4,9-12H2,1H3,(H2,22,27)(H,23,25)(H,24,26). The molecule has 1 heterocycles. The molecule has 0 bridgehead atoms. The number of carbonyl (C=O) groups is 2. The summed E-state index contributed by atoms with van der Waals surface area (Å²) in [5.41, 5.74) is 5.46. The first-order chi connectivity index (χ1) is 14.0. The summed E-state index contributed by atoms with van der Waals surface area (Å²) in [5, 5.41) is 10.5. The zero-order chi connectivity index (χ0) is 20.9. The van der Waals surface area contributed by atoms with E-state index < -0.39 is 17.4 Å². The van der Waals surface area contributed by atoms with Gasteiger partial charge >= 0.3 is 0 Å². The highest BCUT2D eigenvalue weighted by atomic mass is 35.5. The van der Waals surface area contributed by atoms with Crippen LogP contribution in [0.15, 0.2) is 28.8 Å². The second kappa shape index (κ2) is 9.28. The minimum atomic E-state index is -1.06. The lowest BCUT2D eigenvalue weighted by atomic mass is 9.81. The third-order valence-electron chi connectivity index (χ3n) is 5.16. The Morgan fingerprint density at radius 3 is 2.55 bits per heavy atom. The molecule has 0 unspecified atom stereocenters. The lowest BCUT2D eigenvalue weighted by molar-refractivity contribution is -0.125. The summed E-state index contributed by atoms with van der Waals surface area (Å²) in [6.45, 7) is 0.861. The number of methoxy groups -OCH3 is 1. The third-order valence-corrected chi connectivity index (χ3v) is 5.41. The van der Waals surface area contributed by atoms with Gasteiger partial charge in [-0.1, -0.05) is 36.0 Å². The topological polar surface area (TPSA) is 119 Å². The van der Waals surface area contributed by atoms with E-state index in [0.717, 1.165) is 19.3 Å². The number of primary amides is 1. The van der Waals surface area contributed by atoms with Gasteiger partial charge in [-0.2, -0.15) is 0 Å². The van der Waals surface area contributed by atoms with E-state index in [2.05, 4.69) is 15.8 Å². The van der Waals surface area contributed by atoms with Gasteiger partial charge in [-0.05, 0) is 37.1 Å². The molecule has 1 saturated carbocycles. The van der Waals surface area contributed by atoms with E-state index in [1.807, 2.05) is 0 Å². The van der Waals surface area contributed by atoms with Crippen molar-refractivity contribution in [3.8, 4) is 11.3 Å². The van der Waals surface area contributed by atoms with Gasteiger partial charge in [0.2, 0.25) is 5.91 Å². The molecular formula is C20H25ClN4O4. The Morgan fingerprint density at radius 2 is 1.93 bits per heavy atom. The molecule has 8 nitrogen and oxygen atoms in total. The van der Waals surface area contributed by atoms with Gasteiger partial charge < -0.3 is 25.6 Å². The molecule has 156 valence electrons. The van der Waals surface area contributed by atoms with Crippen molar-refractivity contribution < 1.29 is 18.8 Å². The van der Waals surface area contributed by atoms with Crippen LogP contribution in [-0.4, -0.2) is 42.8 Å². The van der Waals surface area contributed by atoms with Crippen LogP contribution in [0.3, 0.4) is 0 Å². The van der Waals surface area contributed by atoms with Crippen LogP contribution in [0.5, 0.6) is 0 Å². The molecule has 0 radical (unpaired) electrons.